The van der Waals surface area contributed by atoms with Crippen LogP contribution in [0.2, 0.25) is 0 Å². The van der Waals surface area contributed by atoms with E-state index in [-0.39, 0.29) is 5.91 Å². The topological polar surface area (TPSA) is 82.2 Å². The minimum absolute atomic E-state index is 0.0784. The Balaban J connectivity index is 1.91. The summed E-state index contributed by atoms with van der Waals surface area (Å²) >= 11 is 0. The molecule has 1 aliphatic rings. The summed E-state index contributed by atoms with van der Waals surface area (Å²) in [5, 5.41) is 11.8. The van der Waals surface area contributed by atoms with E-state index in [0.29, 0.717) is 30.3 Å². The number of nitrogens with two attached hydrogens (primary N) is 1. The predicted octanol–water partition coefficient (Wildman–Crippen LogP) is 1.17. The first kappa shape index (κ1) is 14.5. The van der Waals surface area contributed by atoms with Gasteiger partial charge in [-0.15, -0.1) is 0 Å². The quantitative estimate of drug-likeness (QED) is 0.862. The van der Waals surface area contributed by atoms with Crippen molar-refractivity contribution in [2.45, 2.75) is 12.8 Å². The van der Waals surface area contributed by atoms with Gasteiger partial charge >= 0.3 is 0 Å². The van der Waals surface area contributed by atoms with Gasteiger partial charge in [0.05, 0.1) is 17.8 Å². The fourth-order valence-corrected chi connectivity index (χ4v) is 2.57. The lowest BCUT2D eigenvalue weighted by atomic mass is 9.98. The molecule has 1 saturated heterocycles. The molecule has 2 rings (SSSR count). The average molecular weight is 272 g/mol. The zero-order valence-corrected chi connectivity index (χ0v) is 11.5. The van der Waals surface area contributed by atoms with E-state index in [2.05, 4.69) is 16.3 Å². The normalized spacial score (nSPS) is 19.3. The van der Waals surface area contributed by atoms with E-state index in [1.165, 1.54) is 0 Å². The first-order valence-corrected chi connectivity index (χ1v) is 6.94. The van der Waals surface area contributed by atoms with Crippen LogP contribution in [-0.2, 0) is 4.79 Å². The number of nitrogens with one attached hydrogen (secondary N) is 1. The van der Waals surface area contributed by atoms with Crippen molar-refractivity contribution in [1.82, 2.24) is 4.90 Å². The molecule has 0 radical (unpaired) electrons. The molecular formula is C15H20N4O. The van der Waals surface area contributed by atoms with Crippen molar-refractivity contribution in [2.75, 3.05) is 31.5 Å². The maximum atomic E-state index is 12.1. The zero-order chi connectivity index (χ0) is 14.4. The number of nitriles is 1. The molecule has 3 N–H and O–H groups in total. The molecular weight excluding hydrogens is 252 g/mol. The Labute approximate surface area is 119 Å². The molecule has 0 spiro atoms. The average Bonchev–Trinajstić information content (AvgIpc) is 2.48. The third kappa shape index (κ3) is 3.80. The van der Waals surface area contributed by atoms with Crippen molar-refractivity contribution in [3.63, 3.8) is 0 Å². The molecule has 1 atom stereocenters. The summed E-state index contributed by atoms with van der Waals surface area (Å²) in [5.41, 5.74) is 6.76. The fourth-order valence-electron chi connectivity index (χ4n) is 2.57. The van der Waals surface area contributed by atoms with Crippen molar-refractivity contribution in [3.8, 4) is 6.07 Å². The van der Waals surface area contributed by atoms with Crippen molar-refractivity contribution in [1.29, 1.82) is 5.26 Å². The van der Waals surface area contributed by atoms with Crippen molar-refractivity contribution >= 4 is 11.6 Å². The van der Waals surface area contributed by atoms with Gasteiger partial charge in [-0.25, -0.2) is 0 Å². The van der Waals surface area contributed by atoms with Crippen LogP contribution in [0.5, 0.6) is 0 Å². The van der Waals surface area contributed by atoms with Gasteiger partial charge in [0.25, 0.3) is 0 Å². The number of anilines is 1. The highest BCUT2D eigenvalue weighted by atomic mass is 16.2. The lowest BCUT2D eigenvalue weighted by Crippen LogP contribution is -2.42. The van der Waals surface area contributed by atoms with Gasteiger partial charge in [-0.05, 0) is 44.0 Å². The molecule has 106 valence electrons. The third-order valence-corrected chi connectivity index (χ3v) is 3.63. The highest BCUT2D eigenvalue weighted by molar-refractivity contribution is 5.93. The number of para-hydroxylation sites is 1. The summed E-state index contributed by atoms with van der Waals surface area (Å²) in [6, 6.07) is 9.11. The Hall–Kier alpha value is -1.90. The van der Waals surface area contributed by atoms with Crippen LogP contribution in [0.25, 0.3) is 0 Å². The number of carbonyl (C=O) groups is 1. The lowest BCUT2D eigenvalue weighted by Gasteiger charge is -2.31. The van der Waals surface area contributed by atoms with Crippen LogP contribution >= 0.6 is 0 Å². The summed E-state index contributed by atoms with van der Waals surface area (Å²) in [6.45, 7) is 2.85. The molecule has 5 heteroatoms. The minimum atomic E-state index is -0.0784. The van der Waals surface area contributed by atoms with Gasteiger partial charge < -0.3 is 11.1 Å². The Morgan fingerprint density at radius 3 is 3.05 bits per heavy atom. The Bertz CT molecular complexity index is 509. The van der Waals surface area contributed by atoms with Gasteiger partial charge in [0.15, 0.2) is 0 Å². The highest BCUT2D eigenvalue weighted by Crippen LogP contribution is 2.16. The number of likely N-dealkylation sites (tertiary alicyclic amines) is 1. The van der Waals surface area contributed by atoms with Crippen LogP contribution in [0.4, 0.5) is 5.69 Å². The molecule has 1 aromatic carbocycles. The molecule has 20 heavy (non-hydrogen) atoms. The summed E-state index contributed by atoms with van der Waals surface area (Å²) in [7, 11) is 0. The summed E-state index contributed by atoms with van der Waals surface area (Å²) in [5.74, 6) is 0.410. The van der Waals surface area contributed by atoms with Gasteiger partial charge in [0, 0.05) is 6.54 Å². The molecule has 1 aromatic rings. The van der Waals surface area contributed by atoms with E-state index >= 15 is 0 Å². The van der Waals surface area contributed by atoms with E-state index in [9.17, 15) is 4.79 Å². The highest BCUT2D eigenvalue weighted by Gasteiger charge is 2.20. The number of rotatable bonds is 4. The van der Waals surface area contributed by atoms with Gasteiger partial charge in [0.1, 0.15) is 6.07 Å². The second-order valence-electron chi connectivity index (χ2n) is 5.18. The number of carbonyl (C=O) groups excluding carboxylic acids is 1. The molecule has 0 aliphatic carbocycles. The predicted molar refractivity (Wildman–Crippen MR) is 78.0 cm³/mol. The van der Waals surface area contributed by atoms with Crippen LogP contribution < -0.4 is 11.1 Å². The maximum absolute atomic E-state index is 12.1. The van der Waals surface area contributed by atoms with Gasteiger partial charge in [-0.3, -0.25) is 9.69 Å². The number of piperidine rings is 1. The number of hydrogen-bond donors (Lipinski definition) is 2. The van der Waals surface area contributed by atoms with Crippen molar-refractivity contribution < 1.29 is 4.79 Å². The van der Waals surface area contributed by atoms with E-state index in [0.717, 1.165) is 25.9 Å². The van der Waals surface area contributed by atoms with E-state index in [1.54, 1.807) is 18.2 Å². The molecule has 0 aromatic heterocycles. The summed E-state index contributed by atoms with van der Waals surface area (Å²) < 4.78 is 0. The molecule has 1 heterocycles. The maximum Gasteiger partial charge on any atom is 0.238 e. The monoisotopic (exact) mass is 272 g/mol. The largest absolute Gasteiger partial charge is 0.330 e. The minimum Gasteiger partial charge on any atom is -0.330 e. The molecule has 1 aliphatic heterocycles. The Kier molecular flexibility index (Phi) is 5.10. The molecule has 0 saturated carbocycles. The number of benzene rings is 1. The fraction of sp³-hybridized carbons (Fsp3) is 0.467. The van der Waals surface area contributed by atoms with Crippen molar-refractivity contribution in [2.24, 2.45) is 11.7 Å². The van der Waals surface area contributed by atoms with Crippen LogP contribution in [-0.4, -0.2) is 37.0 Å². The third-order valence-electron chi connectivity index (χ3n) is 3.63. The van der Waals surface area contributed by atoms with E-state index in [1.807, 2.05) is 6.07 Å². The first-order valence-electron chi connectivity index (χ1n) is 6.94. The van der Waals surface area contributed by atoms with Crippen LogP contribution in [0.1, 0.15) is 18.4 Å². The molecule has 1 fully saturated rings. The molecule has 5 nitrogen and oxygen atoms in total. The summed E-state index contributed by atoms with van der Waals surface area (Å²) in [4.78, 5) is 14.2. The smallest absolute Gasteiger partial charge is 0.238 e. The van der Waals surface area contributed by atoms with E-state index < -0.39 is 0 Å². The lowest BCUT2D eigenvalue weighted by molar-refractivity contribution is -0.117. The summed E-state index contributed by atoms with van der Waals surface area (Å²) in [6.07, 6.45) is 2.23. The van der Waals surface area contributed by atoms with E-state index in [4.69, 9.17) is 11.0 Å². The Morgan fingerprint density at radius 1 is 1.50 bits per heavy atom. The Morgan fingerprint density at radius 2 is 2.30 bits per heavy atom. The molecule has 0 bridgehead atoms. The van der Waals surface area contributed by atoms with Crippen LogP contribution in [0, 0.1) is 17.2 Å². The SMILES string of the molecule is N#Cc1ccccc1NC(=O)CN1CCCC(CN)C1. The van der Waals surface area contributed by atoms with Crippen LogP contribution in [0.3, 0.4) is 0 Å². The second kappa shape index (κ2) is 7.04. The first-order chi connectivity index (χ1) is 9.72. The molecule has 1 amide bonds. The number of amides is 1. The standard InChI is InChI=1S/C15H20N4O/c16-8-12-4-3-7-19(10-12)11-15(20)18-14-6-2-1-5-13(14)9-17/h1-2,5-6,12H,3-4,7-8,10-11,16H2,(H,18,20). The van der Waals surface area contributed by atoms with Gasteiger partial charge in [-0.2, -0.15) is 5.26 Å². The number of nitrogens with zero attached hydrogens (tertiary/aromatic N) is 2. The van der Waals surface area contributed by atoms with Crippen molar-refractivity contribution in [3.05, 3.63) is 29.8 Å². The zero-order valence-electron chi connectivity index (χ0n) is 11.5. The second-order valence-corrected chi connectivity index (χ2v) is 5.18. The van der Waals surface area contributed by atoms with Crippen LogP contribution in [0.15, 0.2) is 24.3 Å². The number of hydrogen-bond acceptors (Lipinski definition) is 4. The molecule has 1 unspecified atom stereocenters. The van der Waals surface area contributed by atoms with Gasteiger partial charge in [0.2, 0.25) is 5.91 Å². The van der Waals surface area contributed by atoms with Gasteiger partial charge in [-0.1, -0.05) is 12.1 Å².